The SMILES string of the molecule is CCON(Cc1cc2c3ccccc3ccc2c2ccccc12)CC(C)CO. The summed E-state index contributed by atoms with van der Waals surface area (Å²) < 4.78 is 0. The average molecular weight is 373 g/mol. The van der Waals surface area contributed by atoms with Crippen LogP contribution in [0.15, 0.2) is 66.7 Å². The first-order valence-electron chi connectivity index (χ1n) is 10.0. The minimum atomic E-state index is 0.159. The van der Waals surface area contributed by atoms with Crippen molar-refractivity contribution in [2.24, 2.45) is 5.92 Å². The minimum absolute atomic E-state index is 0.159. The van der Waals surface area contributed by atoms with Crippen molar-refractivity contribution in [1.82, 2.24) is 5.06 Å². The summed E-state index contributed by atoms with van der Waals surface area (Å²) in [5, 5.41) is 19.1. The Morgan fingerprint density at radius 3 is 2.29 bits per heavy atom. The zero-order chi connectivity index (χ0) is 19.5. The van der Waals surface area contributed by atoms with E-state index in [1.54, 1.807) is 0 Å². The summed E-state index contributed by atoms with van der Waals surface area (Å²) in [6.45, 7) is 6.21. The number of hydroxylamine groups is 2. The lowest BCUT2D eigenvalue weighted by Crippen LogP contribution is -2.30. The third kappa shape index (κ3) is 3.61. The van der Waals surface area contributed by atoms with Gasteiger partial charge in [0, 0.05) is 19.7 Å². The predicted octanol–water partition coefficient (Wildman–Crippen LogP) is 5.53. The maximum absolute atomic E-state index is 9.47. The normalized spacial score (nSPS) is 13.0. The third-order valence-electron chi connectivity index (χ3n) is 5.34. The van der Waals surface area contributed by atoms with E-state index >= 15 is 0 Å². The van der Waals surface area contributed by atoms with Crippen molar-refractivity contribution >= 4 is 32.3 Å². The fraction of sp³-hybridized carbons (Fsp3) is 0.280. The second kappa shape index (κ2) is 8.27. The van der Waals surface area contributed by atoms with Crippen molar-refractivity contribution < 1.29 is 9.94 Å². The molecule has 3 heteroatoms. The number of rotatable bonds is 7. The summed E-state index contributed by atoms with van der Waals surface area (Å²) in [7, 11) is 0. The lowest BCUT2D eigenvalue weighted by molar-refractivity contribution is -0.170. The van der Waals surface area contributed by atoms with Crippen LogP contribution in [0.2, 0.25) is 0 Å². The van der Waals surface area contributed by atoms with Gasteiger partial charge in [-0.1, -0.05) is 67.6 Å². The molecule has 28 heavy (non-hydrogen) atoms. The molecule has 0 saturated carbocycles. The second-order valence-electron chi connectivity index (χ2n) is 7.49. The van der Waals surface area contributed by atoms with E-state index in [4.69, 9.17) is 4.84 Å². The number of nitrogens with zero attached hydrogens (tertiary/aromatic N) is 1. The van der Waals surface area contributed by atoms with E-state index in [1.165, 1.54) is 37.9 Å². The molecule has 1 atom stereocenters. The largest absolute Gasteiger partial charge is 0.396 e. The molecule has 1 unspecified atom stereocenters. The number of aliphatic hydroxyl groups excluding tert-OH is 1. The number of fused-ring (bicyclic) bond motifs is 5. The molecule has 4 aromatic rings. The van der Waals surface area contributed by atoms with Crippen LogP contribution in [0, 0.1) is 5.92 Å². The van der Waals surface area contributed by atoms with Crippen LogP contribution >= 0.6 is 0 Å². The third-order valence-corrected chi connectivity index (χ3v) is 5.34. The first-order valence-corrected chi connectivity index (χ1v) is 10.0. The van der Waals surface area contributed by atoms with Crippen LogP contribution in [0.5, 0.6) is 0 Å². The van der Waals surface area contributed by atoms with Crippen LogP contribution in [0.25, 0.3) is 32.3 Å². The Hall–Kier alpha value is -2.46. The zero-order valence-electron chi connectivity index (χ0n) is 16.6. The lowest BCUT2D eigenvalue weighted by Gasteiger charge is -2.25. The Kier molecular flexibility index (Phi) is 5.58. The summed E-state index contributed by atoms with van der Waals surface area (Å²) >= 11 is 0. The summed E-state index contributed by atoms with van der Waals surface area (Å²) in [5.41, 5.74) is 1.25. The van der Waals surface area contributed by atoms with E-state index in [-0.39, 0.29) is 12.5 Å². The second-order valence-corrected chi connectivity index (χ2v) is 7.49. The molecular weight excluding hydrogens is 346 g/mol. The van der Waals surface area contributed by atoms with Gasteiger partial charge in [0.15, 0.2) is 0 Å². The molecule has 0 aliphatic carbocycles. The molecule has 0 fully saturated rings. The summed E-state index contributed by atoms with van der Waals surface area (Å²) in [6, 6.07) is 23.9. The highest BCUT2D eigenvalue weighted by atomic mass is 16.7. The Labute approximate surface area is 166 Å². The lowest BCUT2D eigenvalue weighted by atomic mass is 9.93. The van der Waals surface area contributed by atoms with Crippen molar-refractivity contribution in [1.29, 1.82) is 0 Å². The number of hydrogen-bond donors (Lipinski definition) is 1. The van der Waals surface area contributed by atoms with E-state index in [1.807, 2.05) is 18.9 Å². The Bertz CT molecular complexity index is 1110. The van der Waals surface area contributed by atoms with Gasteiger partial charge < -0.3 is 5.11 Å². The standard InChI is InChI=1S/C25H27NO2/c1-3-28-26(15-18(2)17-27)16-20-14-25-21-9-5-4-8-19(21)12-13-24(25)23-11-7-6-10-22(20)23/h4-14,18,27H,3,15-17H2,1-2H3. The minimum Gasteiger partial charge on any atom is -0.396 e. The van der Waals surface area contributed by atoms with Gasteiger partial charge >= 0.3 is 0 Å². The summed E-state index contributed by atoms with van der Waals surface area (Å²) in [5.74, 6) is 0.166. The van der Waals surface area contributed by atoms with Crippen LogP contribution in [0.1, 0.15) is 19.4 Å². The van der Waals surface area contributed by atoms with Crippen molar-refractivity contribution in [3.8, 4) is 0 Å². The Morgan fingerprint density at radius 2 is 1.54 bits per heavy atom. The van der Waals surface area contributed by atoms with E-state index < -0.39 is 0 Å². The van der Waals surface area contributed by atoms with Gasteiger partial charge in [-0.2, -0.15) is 5.06 Å². The van der Waals surface area contributed by atoms with Gasteiger partial charge in [-0.05, 0) is 56.8 Å². The Balaban J connectivity index is 1.89. The van der Waals surface area contributed by atoms with Crippen molar-refractivity contribution in [2.75, 3.05) is 19.8 Å². The van der Waals surface area contributed by atoms with Crippen molar-refractivity contribution in [2.45, 2.75) is 20.4 Å². The zero-order valence-corrected chi connectivity index (χ0v) is 16.6. The smallest absolute Gasteiger partial charge is 0.0657 e. The van der Waals surface area contributed by atoms with Gasteiger partial charge in [0.25, 0.3) is 0 Å². The van der Waals surface area contributed by atoms with Crippen LogP contribution in [-0.4, -0.2) is 29.9 Å². The fourth-order valence-electron chi connectivity index (χ4n) is 4.01. The highest BCUT2D eigenvalue weighted by Gasteiger charge is 2.15. The Morgan fingerprint density at radius 1 is 0.857 bits per heavy atom. The molecule has 4 rings (SSSR count). The first-order chi connectivity index (χ1) is 13.7. The quantitative estimate of drug-likeness (QED) is 0.342. The maximum Gasteiger partial charge on any atom is 0.0657 e. The summed E-state index contributed by atoms with van der Waals surface area (Å²) in [6.07, 6.45) is 0. The van der Waals surface area contributed by atoms with Gasteiger partial charge in [-0.15, -0.1) is 0 Å². The molecule has 0 saturated heterocycles. The van der Waals surface area contributed by atoms with Crippen molar-refractivity contribution in [3.63, 3.8) is 0 Å². The molecule has 1 N–H and O–H groups in total. The van der Waals surface area contributed by atoms with E-state index in [0.29, 0.717) is 19.7 Å². The average Bonchev–Trinajstić information content (AvgIpc) is 2.73. The van der Waals surface area contributed by atoms with Crippen LogP contribution in [0.4, 0.5) is 0 Å². The number of aliphatic hydroxyl groups is 1. The molecule has 0 bridgehead atoms. The van der Waals surface area contributed by atoms with Gasteiger partial charge in [-0.3, -0.25) is 4.84 Å². The highest BCUT2D eigenvalue weighted by Crippen LogP contribution is 2.34. The van der Waals surface area contributed by atoms with Gasteiger partial charge in [0.05, 0.1) is 6.61 Å². The van der Waals surface area contributed by atoms with E-state index in [9.17, 15) is 5.11 Å². The van der Waals surface area contributed by atoms with Crippen LogP contribution < -0.4 is 0 Å². The van der Waals surface area contributed by atoms with Gasteiger partial charge in [-0.25, -0.2) is 0 Å². The van der Waals surface area contributed by atoms with Crippen molar-refractivity contribution in [3.05, 3.63) is 72.3 Å². The molecule has 0 spiro atoms. The molecule has 0 amide bonds. The van der Waals surface area contributed by atoms with Crippen LogP contribution in [0.3, 0.4) is 0 Å². The predicted molar refractivity (Wildman–Crippen MR) is 117 cm³/mol. The molecule has 3 nitrogen and oxygen atoms in total. The molecule has 0 radical (unpaired) electrons. The molecule has 144 valence electrons. The molecule has 4 aromatic carbocycles. The molecule has 0 aromatic heterocycles. The molecule has 0 aliphatic rings. The molecule has 0 aliphatic heterocycles. The fourth-order valence-corrected chi connectivity index (χ4v) is 4.01. The molecule has 0 heterocycles. The number of benzene rings is 4. The van der Waals surface area contributed by atoms with E-state index in [0.717, 1.165) is 0 Å². The maximum atomic E-state index is 9.47. The van der Waals surface area contributed by atoms with E-state index in [2.05, 4.69) is 66.7 Å². The summed E-state index contributed by atoms with van der Waals surface area (Å²) in [4.78, 5) is 5.89. The first kappa shape index (κ1) is 18.9. The van der Waals surface area contributed by atoms with Gasteiger partial charge in [0.1, 0.15) is 0 Å². The topological polar surface area (TPSA) is 32.7 Å². The molecular formula is C25H27NO2. The van der Waals surface area contributed by atoms with Crippen LogP contribution in [-0.2, 0) is 11.4 Å². The number of hydrogen-bond acceptors (Lipinski definition) is 3. The monoisotopic (exact) mass is 373 g/mol. The highest BCUT2D eigenvalue weighted by molar-refractivity contribution is 6.18. The van der Waals surface area contributed by atoms with Gasteiger partial charge in [0.2, 0.25) is 0 Å².